The van der Waals surface area contributed by atoms with Crippen molar-refractivity contribution in [2.45, 2.75) is 136 Å². The molecule has 424 valence electrons. The fraction of sp³-hybridized carbons (Fsp3) is 0.500. The number of rotatable bonds is 27. The summed E-state index contributed by atoms with van der Waals surface area (Å²) in [5.74, 6) is -5.67. The van der Waals surface area contributed by atoms with E-state index in [4.69, 9.17) is 41.7 Å². The first-order valence-corrected chi connectivity index (χ1v) is 26.5. The Balaban J connectivity index is 1.14. The highest BCUT2D eigenvalue weighted by Crippen LogP contribution is 2.42. The number of primary amides is 1. The molecule has 3 aliphatic rings. The van der Waals surface area contributed by atoms with E-state index in [1.807, 2.05) is 36.4 Å². The number of nitrogens with zero attached hydrogens (tertiary/aromatic N) is 2. The molecule has 11 N–H and O–H groups in total. The molecule has 0 bridgehead atoms. The SMILES string of the molecule is CCN(CC)c1ccc2c(-c3ccc(NC(=S)NCCCCCC(=O)OC[C@H]4O[C@@H](O)[C@H](NC(C)=O)[C@@H](O[C@H](C)C(=O)N[C@@H](C)C(=O)N[C@H](CCC(=O)O)C(N)=O)[C@@H]4O)cc3C(=O)O)c3ccc(=[N+](CC)CC)cc-3oc2c1. The predicted molar refractivity (Wildman–Crippen MR) is 293 cm³/mol. The van der Waals surface area contributed by atoms with Gasteiger partial charge in [-0.25, -0.2) is 9.37 Å². The number of ether oxygens (including phenoxy) is 3. The third-order valence-corrected chi connectivity index (χ3v) is 13.6. The Hall–Kier alpha value is -7.25. The lowest BCUT2D eigenvalue weighted by Gasteiger charge is -2.43. The summed E-state index contributed by atoms with van der Waals surface area (Å²) < 4.78 is 25.5. The number of nitrogens with one attached hydrogen (secondary N) is 5. The standard InChI is InChI=1S/C54H72N8O15S/c1-8-61(9-2)33-17-20-36-40(26-33)76-41-27-34(62(10-3)11-4)18-21-37(41)45(36)35-19-16-32(25-38(35)52(71)72)59-54(78)56-24-14-12-13-15-44(66)74-28-42-47(67)48(46(53(73)77-42)58-31(7)63)75-30(6)51(70)57-29(5)50(69)60-39(49(55)68)22-23-43(64)65/h16-21,25-27,29-30,39,42,46-48,53,67,73H,8-15,22-24,28H2,1-7H3,(H8,55,56,57,58,60,63,64,65,68,69,70,71,72,78)/p+1/t29-,30+,39+,42+,46+,47+,48+,53+/m0/s1. The van der Waals surface area contributed by atoms with Crippen LogP contribution in [-0.4, -0.2) is 155 Å². The Morgan fingerprint density at radius 2 is 1.56 bits per heavy atom. The molecule has 2 aromatic carbocycles. The van der Waals surface area contributed by atoms with Gasteiger partial charge >= 0.3 is 17.9 Å². The number of unbranched alkanes of at least 4 members (excludes halogenated alkanes) is 2. The van der Waals surface area contributed by atoms with Crippen LogP contribution in [0.25, 0.3) is 33.4 Å². The van der Waals surface area contributed by atoms with E-state index >= 15 is 0 Å². The topological polar surface area (TPSA) is 334 Å². The average Bonchev–Trinajstić information content (AvgIpc) is 3.47. The normalized spacial score (nSPS) is 18.2. The van der Waals surface area contributed by atoms with Crippen molar-refractivity contribution >= 4 is 81.2 Å². The van der Waals surface area contributed by atoms with Gasteiger partial charge in [0.2, 0.25) is 29.0 Å². The van der Waals surface area contributed by atoms with Gasteiger partial charge in [0, 0.05) is 79.4 Å². The van der Waals surface area contributed by atoms with Crippen LogP contribution in [-0.2, 0) is 43.0 Å². The summed E-state index contributed by atoms with van der Waals surface area (Å²) in [7, 11) is 0. The van der Waals surface area contributed by atoms with Crippen LogP contribution in [0.1, 0.15) is 97.3 Å². The number of esters is 1. The van der Waals surface area contributed by atoms with Gasteiger partial charge < -0.3 is 76.3 Å². The summed E-state index contributed by atoms with van der Waals surface area (Å²) in [6, 6.07) is 13.1. The molecule has 4 amide bonds. The Morgan fingerprint density at radius 3 is 2.21 bits per heavy atom. The highest BCUT2D eigenvalue weighted by Gasteiger charge is 2.47. The number of carbonyl (C=O) groups excluding carboxylic acids is 5. The molecule has 2 heterocycles. The van der Waals surface area contributed by atoms with Crippen molar-refractivity contribution < 1.29 is 72.6 Å². The highest BCUT2D eigenvalue weighted by atomic mass is 32.1. The quantitative estimate of drug-likeness (QED) is 0.0135. The molecular formula is C54H73N8O15S+. The van der Waals surface area contributed by atoms with Crippen LogP contribution in [0.3, 0.4) is 0 Å². The maximum Gasteiger partial charge on any atom is 0.336 e. The van der Waals surface area contributed by atoms with Crippen LogP contribution >= 0.6 is 12.2 Å². The van der Waals surface area contributed by atoms with Crippen molar-refractivity contribution in [1.29, 1.82) is 0 Å². The summed E-state index contributed by atoms with van der Waals surface area (Å²) >= 11 is 5.56. The Bertz CT molecular complexity index is 2850. The van der Waals surface area contributed by atoms with Crippen molar-refractivity contribution in [2.24, 2.45) is 5.73 Å². The van der Waals surface area contributed by atoms with Gasteiger partial charge in [0.15, 0.2) is 11.4 Å². The van der Waals surface area contributed by atoms with Crippen molar-refractivity contribution in [3.8, 4) is 22.5 Å². The number of benzene rings is 3. The van der Waals surface area contributed by atoms with Crippen molar-refractivity contribution in [1.82, 2.24) is 25.8 Å². The molecule has 23 nitrogen and oxygen atoms in total. The first-order valence-electron chi connectivity index (χ1n) is 26.1. The van der Waals surface area contributed by atoms with Crippen LogP contribution in [0.5, 0.6) is 0 Å². The van der Waals surface area contributed by atoms with E-state index in [9.17, 15) is 48.9 Å². The lowest BCUT2D eigenvalue weighted by atomic mass is 9.90. The van der Waals surface area contributed by atoms with Gasteiger partial charge in [-0.05, 0) is 109 Å². The number of carboxylic acid groups (broad SMARTS) is 2. The second-order valence-corrected chi connectivity index (χ2v) is 19.2. The maximum atomic E-state index is 13.1. The van der Waals surface area contributed by atoms with Gasteiger partial charge in [0.1, 0.15) is 73.6 Å². The smallest absolute Gasteiger partial charge is 0.336 e. The van der Waals surface area contributed by atoms with Gasteiger partial charge in [-0.15, -0.1) is 0 Å². The van der Waals surface area contributed by atoms with E-state index < -0.39 is 103 Å². The molecule has 0 unspecified atom stereocenters. The third-order valence-electron chi connectivity index (χ3n) is 13.3. The number of nitrogens with two attached hydrogens (primary N) is 1. The van der Waals surface area contributed by atoms with E-state index in [0.29, 0.717) is 48.4 Å². The van der Waals surface area contributed by atoms with Gasteiger partial charge in [0.05, 0.1) is 11.6 Å². The van der Waals surface area contributed by atoms with E-state index in [-0.39, 0.29) is 23.5 Å². The first-order chi connectivity index (χ1) is 37.1. The number of carboxylic acids is 2. The van der Waals surface area contributed by atoms with Crippen LogP contribution in [0.2, 0.25) is 0 Å². The number of hydrogen-bond acceptors (Lipinski definition) is 15. The molecule has 24 heteroatoms. The maximum absolute atomic E-state index is 13.1. The average molecular weight is 1110 g/mol. The van der Waals surface area contributed by atoms with Crippen LogP contribution in [0.4, 0.5) is 11.4 Å². The highest BCUT2D eigenvalue weighted by molar-refractivity contribution is 7.80. The van der Waals surface area contributed by atoms with Crippen LogP contribution in [0.15, 0.2) is 59.0 Å². The first kappa shape index (κ1) is 61.6. The summed E-state index contributed by atoms with van der Waals surface area (Å²) in [5, 5.41) is 57.0. The summed E-state index contributed by atoms with van der Waals surface area (Å²) in [6.07, 6.45) is -6.86. The fourth-order valence-electron chi connectivity index (χ4n) is 9.11. The largest absolute Gasteiger partial charge is 0.481 e. The molecule has 1 fully saturated rings. The van der Waals surface area contributed by atoms with E-state index in [2.05, 4.69) is 63.8 Å². The van der Waals surface area contributed by atoms with Crippen molar-refractivity contribution in [2.75, 3.05) is 49.5 Å². The lowest BCUT2D eigenvalue weighted by molar-refractivity contribution is -0.267. The van der Waals surface area contributed by atoms with Gasteiger partial charge in [-0.1, -0.05) is 12.5 Å². The van der Waals surface area contributed by atoms with E-state index in [1.54, 1.807) is 18.2 Å². The molecule has 1 aliphatic carbocycles. The summed E-state index contributed by atoms with van der Waals surface area (Å²) in [4.78, 5) is 88.6. The zero-order valence-electron chi connectivity index (χ0n) is 45.0. The Morgan fingerprint density at radius 1 is 0.859 bits per heavy atom. The monoisotopic (exact) mass is 1110 g/mol. The second kappa shape index (κ2) is 28.9. The summed E-state index contributed by atoms with van der Waals surface area (Å²) in [5.41, 5.74) is 9.44. The molecule has 0 aromatic heterocycles. The molecule has 0 spiro atoms. The van der Waals surface area contributed by atoms with E-state index in [1.165, 1.54) is 13.8 Å². The molecule has 5 rings (SSSR count). The second-order valence-electron chi connectivity index (χ2n) is 18.8. The summed E-state index contributed by atoms with van der Waals surface area (Å²) in [6.45, 7) is 15.2. The number of aliphatic hydroxyl groups is 2. The zero-order chi connectivity index (χ0) is 57.4. The molecule has 1 saturated heterocycles. The minimum Gasteiger partial charge on any atom is -0.481 e. The predicted octanol–water partition coefficient (Wildman–Crippen LogP) is 2.65. The molecule has 8 atom stereocenters. The zero-order valence-corrected chi connectivity index (χ0v) is 45.8. The van der Waals surface area contributed by atoms with Crippen molar-refractivity contribution in [3.05, 3.63) is 65.5 Å². The molecule has 0 saturated carbocycles. The van der Waals surface area contributed by atoms with Gasteiger partial charge in [0.25, 0.3) is 0 Å². The molecule has 2 aromatic rings. The number of fused-ring (bicyclic) bond motifs is 2. The number of aromatic carboxylic acids is 1. The number of aliphatic hydroxyl groups excluding tert-OH is 2. The fourth-order valence-corrected chi connectivity index (χ4v) is 9.33. The third kappa shape index (κ3) is 16.4. The minimum absolute atomic E-state index is 0.0101. The molecule has 0 radical (unpaired) electrons. The molecule has 78 heavy (non-hydrogen) atoms. The lowest BCUT2D eigenvalue weighted by Crippen LogP contribution is -2.66. The number of carbonyl (C=O) groups is 7. The van der Waals surface area contributed by atoms with Gasteiger partial charge in [-0.2, -0.15) is 0 Å². The van der Waals surface area contributed by atoms with E-state index in [0.717, 1.165) is 60.7 Å². The van der Waals surface area contributed by atoms with Crippen molar-refractivity contribution in [3.63, 3.8) is 0 Å². The molecular weight excluding hydrogens is 1030 g/mol. The number of thiocarbonyl (C=S) groups is 1. The number of aliphatic carboxylic acids is 1. The Kier molecular flexibility index (Phi) is 22.8. The van der Waals surface area contributed by atoms with Crippen LogP contribution in [0, 0.1) is 0 Å². The molecule has 2 aliphatic heterocycles. The Labute approximate surface area is 457 Å². The number of amides is 4. The number of anilines is 2. The van der Waals surface area contributed by atoms with Crippen LogP contribution < -0.4 is 47.2 Å². The minimum atomic E-state index is -1.78. The number of hydrogen-bond donors (Lipinski definition) is 10. The van der Waals surface area contributed by atoms with Gasteiger partial charge in [-0.3, -0.25) is 28.8 Å².